The molecule has 9 rings (SSSR count). The Morgan fingerprint density at radius 3 is 2.61 bits per heavy atom. The first-order valence-electron chi connectivity index (χ1n) is 15.9. The van der Waals surface area contributed by atoms with Gasteiger partial charge in [-0.15, -0.1) is 11.3 Å². The van der Waals surface area contributed by atoms with Crippen LogP contribution < -0.4 is 10.7 Å². The molecule has 2 aromatic carbocycles. The van der Waals surface area contributed by atoms with Crippen molar-refractivity contribution in [1.82, 2.24) is 19.2 Å². The summed E-state index contributed by atoms with van der Waals surface area (Å²) < 4.78 is 49.8. The number of halogens is 3. The summed E-state index contributed by atoms with van der Waals surface area (Å²) in [7, 11) is 0. The van der Waals surface area contributed by atoms with E-state index in [2.05, 4.69) is 108 Å². The van der Waals surface area contributed by atoms with Crippen LogP contribution in [0.15, 0.2) is 96.1 Å². The summed E-state index contributed by atoms with van der Waals surface area (Å²) >= 11 is 1.78. The molecule has 0 fully saturated rings. The summed E-state index contributed by atoms with van der Waals surface area (Å²) in [6.07, 6.45) is 13.6. The summed E-state index contributed by atoms with van der Waals surface area (Å²) in [5.41, 5.74) is 2.96. The average molecular weight is 633 g/mol. The molecule has 0 saturated heterocycles. The summed E-state index contributed by atoms with van der Waals surface area (Å²) in [4.78, 5) is 2.31. The van der Waals surface area contributed by atoms with Crippen LogP contribution in [0.5, 0.6) is 0 Å². The van der Waals surface area contributed by atoms with E-state index in [0.717, 1.165) is 32.9 Å². The third kappa shape index (κ3) is 3.48. The van der Waals surface area contributed by atoms with Crippen LogP contribution in [0.1, 0.15) is 51.0 Å². The second-order valence-corrected chi connectivity index (χ2v) is 13.6. The highest BCUT2D eigenvalue weighted by Gasteiger charge is 2.49. The predicted octanol–water partition coefficient (Wildman–Crippen LogP) is 8.44. The quantitative estimate of drug-likeness (QED) is 0.195. The summed E-state index contributed by atoms with van der Waals surface area (Å²) in [6.45, 7) is 7.07. The minimum absolute atomic E-state index is 0.106. The van der Waals surface area contributed by atoms with Crippen molar-refractivity contribution in [3.05, 3.63) is 118 Å². The number of hydrogen-bond donors (Lipinski definition) is 0. The number of aromatic nitrogens is 3. The highest BCUT2D eigenvalue weighted by atomic mass is 32.1. The average Bonchev–Trinajstić information content (AvgIpc) is 3.76. The van der Waals surface area contributed by atoms with Gasteiger partial charge in [0, 0.05) is 37.5 Å². The molecule has 230 valence electrons. The Bertz CT molecular complexity index is 2440. The van der Waals surface area contributed by atoms with Crippen molar-refractivity contribution in [3.63, 3.8) is 0 Å². The van der Waals surface area contributed by atoms with Crippen LogP contribution >= 0.6 is 11.3 Å². The van der Waals surface area contributed by atoms with Crippen LogP contribution in [0.2, 0.25) is 0 Å². The zero-order valence-corrected chi connectivity index (χ0v) is 26.5. The molecule has 46 heavy (non-hydrogen) atoms. The lowest BCUT2D eigenvalue weighted by atomic mass is 9.82. The third-order valence-corrected chi connectivity index (χ3v) is 11.6. The van der Waals surface area contributed by atoms with Crippen LogP contribution in [0.4, 0.5) is 13.2 Å². The minimum Gasteiger partial charge on any atom is -0.355 e. The maximum absolute atomic E-state index is 14.4. The van der Waals surface area contributed by atoms with E-state index in [1.807, 2.05) is 12.2 Å². The van der Waals surface area contributed by atoms with Crippen LogP contribution in [-0.4, -0.2) is 31.3 Å². The van der Waals surface area contributed by atoms with Crippen molar-refractivity contribution in [2.45, 2.75) is 51.4 Å². The Morgan fingerprint density at radius 1 is 0.978 bits per heavy atom. The van der Waals surface area contributed by atoms with E-state index < -0.39 is 17.4 Å². The first kappa shape index (κ1) is 27.7. The number of fused-ring (bicyclic) bond motifs is 12. The Kier molecular flexibility index (Phi) is 5.72. The molecule has 0 N–H and O–H groups in total. The van der Waals surface area contributed by atoms with E-state index in [9.17, 15) is 13.2 Å². The summed E-state index contributed by atoms with van der Waals surface area (Å²) in [5.74, 6) is 0. The van der Waals surface area contributed by atoms with Gasteiger partial charge in [0.2, 0.25) is 0 Å². The van der Waals surface area contributed by atoms with E-state index >= 15 is 0 Å². The maximum Gasteiger partial charge on any atom is 0.435 e. The second-order valence-electron chi connectivity index (χ2n) is 12.5. The first-order valence-corrected chi connectivity index (χ1v) is 16.7. The maximum atomic E-state index is 14.4. The number of hydrogen-bond acceptors (Lipinski definition) is 3. The van der Waals surface area contributed by atoms with E-state index in [-0.39, 0.29) is 6.04 Å². The molecule has 8 heteroatoms. The standard InChI is InChI=1S/C38H31F3N4S/c1-4-37(5-2)36(45-28(21-32(42-45)38(39,40)41)27-15-10-11-19-43(27)37)35-25-17-18-31-34(24-13-7-9-16-30(24)46-31)33(25)29-20-22(3)23-12-6-8-14-26(23)44(29)35/h6-18,20-21,26H,4-5,19H2,1-3H3/b36-35+. The lowest BCUT2D eigenvalue weighted by molar-refractivity contribution is -0.141. The van der Waals surface area contributed by atoms with Gasteiger partial charge in [-0.05, 0) is 61.3 Å². The van der Waals surface area contributed by atoms with Gasteiger partial charge in [-0.3, -0.25) is 0 Å². The SMILES string of the molecule is CCC1(CC)/C(=c2/c3ccc4sc5ccccc5c4c3c3n2C2C=CC=CC2=C(C)C=3)n2nc(C(F)(F)F)cc2C2=CC=CCN21. The van der Waals surface area contributed by atoms with Gasteiger partial charge in [0.1, 0.15) is 0 Å². The third-order valence-electron chi connectivity index (χ3n) is 10.4. The first-order chi connectivity index (χ1) is 22.3. The Morgan fingerprint density at radius 2 is 1.80 bits per heavy atom. The number of nitrogens with zero attached hydrogens (tertiary/aromatic N) is 4. The Labute approximate surface area is 267 Å². The van der Waals surface area contributed by atoms with Crippen molar-refractivity contribution in [3.8, 4) is 0 Å². The van der Waals surface area contributed by atoms with Crippen molar-refractivity contribution < 1.29 is 13.2 Å². The van der Waals surface area contributed by atoms with Crippen molar-refractivity contribution in [2.24, 2.45) is 0 Å². The Hall–Kier alpha value is -4.56. The van der Waals surface area contributed by atoms with Gasteiger partial charge < -0.3 is 9.47 Å². The molecular formula is C38H31F3N4S. The molecule has 0 radical (unpaired) electrons. The normalized spacial score (nSPS) is 21.0. The van der Waals surface area contributed by atoms with Gasteiger partial charge >= 0.3 is 6.18 Å². The molecule has 0 bridgehead atoms. The monoisotopic (exact) mass is 632 g/mol. The molecule has 5 aromatic rings. The van der Waals surface area contributed by atoms with Crippen molar-refractivity contribution >= 4 is 59.8 Å². The molecule has 1 unspecified atom stereocenters. The molecule has 3 aliphatic heterocycles. The molecule has 0 amide bonds. The molecule has 3 aromatic heterocycles. The van der Waals surface area contributed by atoms with E-state index in [0.29, 0.717) is 25.1 Å². The second kappa shape index (κ2) is 9.48. The van der Waals surface area contributed by atoms with Crippen LogP contribution in [-0.2, 0) is 6.18 Å². The smallest absolute Gasteiger partial charge is 0.355 e. The molecule has 1 atom stereocenters. The number of alkyl halides is 3. The fourth-order valence-electron chi connectivity index (χ4n) is 8.36. The van der Waals surface area contributed by atoms with E-state index in [4.69, 9.17) is 0 Å². The predicted molar refractivity (Wildman–Crippen MR) is 182 cm³/mol. The summed E-state index contributed by atoms with van der Waals surface area (Å²) in [5, 5.41) is 11.0. The molecule has 4 aliphatic rings. The number of benzene rings is 2. The fraction of sp³-hybridized carbons (Fsp3) is 0.237. The highest BCUT2D eigenvalue weighted by Crippen LogP contribution is 2.47. The minimum atomic E-state index is -4.58. The number of thiophene rings is 1. The van der Waals surface area contributed by atoms with Gasteiger partial charge in [0.05, 0.1) is 39.4 Å². The molecule has 0 spiro atoms. The highest BCUT2D eigenvalue weighted by molar-refractivity contribution is 7.26. The van der Waals surface area contributed by atoms with E-state index in [1.165, 1.54) is 37.4 Å². The Balaban J connectivity index is 1.58. The van der Waals surface area contributed by atoms with Gasteiger partial charge in [-0.2, -0.15) is 18.3 Å². The zero-order valence-electron chi connectivity index (χ0n) is 25.7. The van der Waals surface area contributed by atoms with Crippen molar-refractivity contribution in [2.75, 3.05) is 6.54 Å². The van der Waals surface area contributed by atoms with Gasteiger partial charge in [0.15, 0.2) is 5.69 Å². The van der Waals surface area contributed by atoms with Gasteiger partial charge in [-0.25, -0.2) is 4.68 Å². The summed E-state index contributed by atoms with van der Waals surface area (Å²) in [6, 6.07) is 14.0. The number of allylic oxidation sites excluding steroid dienone is 8. The lowest BCUT2D eigenvalue weighted by Gasteiger charge is -2.51. The zero-order chi connectivity index (χ0) is 31.5. The van der Waals surface area contributed by atoms with Crippen LogP contribution in [0, 0.1) is 0 Å². The molecule has 6 heterocycles. The number of rotatable bonds is 2. The molecule has 1 aliphatic carbocycles. The topological polar surface area (TPSA) is 26.0 Å². The van der Waals surface area contributed by atoms with Crippen molar-refractivity contribution in [1.29, 1.82) is 0 Å². The fourth-order valence-corrected chi connectivity index (χ4v) is 9.47. The largest absolute Gasteiger partial charge is 0.435 e. The lowest BCUT2D eigenvalue weighted by Crippen LogP contribution is -2.56. The van der Waals surface area contributed by atoms with Gasteiger partial charge in [0.25, 0.3) is 0 Å². The van der Waals surface area contributed by atoms with Crippen LogP contribution in [0.3, 0.4) is 0 Å². The van der Waals surface area contributed by atoms with E-state index in [1.54, 1.807) is 16.0 Å². The molecular weight excluding hydrogens is 602 g/mol. The van der Waals surface area contributed by atoms with Crippen LogP contribution in [0.25, 0.3) is 48.4 Å². The van der Waals surface area contributed by atoms with Gasteiger partial charge in [-0.1, -0.05) is 74.6 Å². The molecule has 0 saturated carbocycles. The molecule has 4 nitrogen and oxygen atoms in total.